The Morgan fingerprint density at radius 1 is 1.36 bits per heavy atom. The van der Waals surface area contributed by atoms with E-state index < -0.39 is 0 Å². The van der Waals surface area contributed by atoms with Crippen molar-refractivity contribution in [2.45, 2.75) is 13.3 Å². The molecule has 28 heavy (non-hydrogen) atoms. The van der Waals surface area contributed by atoms with Crippen LogP contribution in [0.4, 0.5) is 5.82 Å². The number of pyridine rings is 1. The second kappa shape index (κ2) is 7.85. The van der Waals surface area contributed by atoms with Gasteiger partial charge in [-0.05, 0) is 19.1 Å². The maximum atomic E-state index is 5.31. The quantitative estimate of drug-likeness (QED) is 0.374. The molecule has 0 aliphatic carbocycles. The molecule has 0 amide bonds. The van der Waals surface area contributed by atoms with Crippen LogP contribution in [-0.2, 0) is 4.84 Å². The van der Waals surface area contributed by atoms with Crippen LogP contribution in [0.3, 0.4) is 0 Å². The van der Waals surface area contributed by atoms with Crippen molar-refractivity contribution in [2.75, 3.05) is 25.1 Å². The molecule has 142 valence electrons. The molecule has 0 N–H and O–H groups in total. The fraction of sp³-hybridized carbons (Fsp3) is 0.250. The van der Waals surface area contributed by atoms with Gasteiger partial charge in [0.05, 0.1) is 16.8 Å². The third-order valence-electron chi connectivity index (χ3n) is 4.38. The molecule has 4 rings (SSSR count). The Kier molecular flexibility index (Phi) is 5.12. The van der Waals surface area contributed by atoms with Gasteiger partial charge in [-0.3, -0.25) is 4.98 Å². The highest BCUT2D eigenvalue weighted by Crippen LogP contribution is 2.35. The fourth-order valence-corrected chi connectivity index (χ4v) is 3.98. The standard InChI is InChI=1S/C20H20N6OS/c1-4-10-27-25-15-7-9-26(3)19-17(15)24-16(12-22-19)18-13(2)23-20(28-18)14-6-5-8-21-11-14/h4-6,8,11-12H,1,7,9-10H2,2-3H3. The number of hydrogen-bond donors (Lipinski definition) is 0. The van der Waals surface area contributed by atoms with Crippen molar-refractivity contribution in [1.82, 2.24) is 19.9 Å². The summed E-state index contributed by atoms with van der Waals surface area (Å²) in [6.45, 7) is 6.82. The van der Waals surface area contributed by atoms with E-state index in [-0.39, 0.29) is 0 Å². The lowest BCUT2D eigenvalue weighted by Crippen LogP contribution is -2.30. The number of hydrogen-bond acceptors (Lipinski definition) is 8. The summed E-state index contributed by atoms with van der Waals surface area (Å²) in [7, 11) is 2.01. The summed E-state index contributed by atoms with van der Waals surface area (Å²) in [5.74, 6) is 0.811. The van der Waals surface area contributed by atoms with Gasteiger partial charge in [0, 0.05) is 38.0 Å². The highest BCUT2D eigenvalue weighted by Gasteiger charge is 2.24. The number of oxime groups is 1. The Bertz CT molecular complexity index is 1030. The number of nitrogens with zero attached hydrogens (tertiary/aromatic N) is 6. The van der Waals surface area contributed by atoms with Gasteiger partial charge in [0.1, 0.15) is 28.7 Å². The molecule has 0 unspecified atom stereocenters. The van der Waals surface area contributed by atoms with Crippen molar-refractivity contribution in [2.24, 2.45) is 5.16 Å². The summed E-state index contributed by atoms with van der Waals surface area (Å²) in [5.41, 5.74) is 4.26. The number of aromatic nitrogens is 4. The summed E-state index contributed by atoms with van der Waals surface area (Å²) in [4.78, 5) is 26.8. The molecule has 7 nitrogen and oxygen atoms in total. The van der Waals surface area contributed by atoms with Crippen LogP contribution in [0.15, 0.2) is 48.5 Å². The molecule has 0 aromatic carbocycles. The van der Waals surface area contributed by atoms with Gasteiger partial charge >= 0.3 is 0 Å². The first-order chi connectivity index (χ1) is 13.7. The van der Waals surface area contributed by atoms with Crippen LogP contribution in [0.1, 0.15) is 17.8 Å². The first-order valence-electron chi connectivity index (χ1n) is 8.94. The molecule has 0 spiro atoms. The van der Waals surface area contributed by atoms with Gasteiger partial charge in [0.2, 0.25) is 0 Å². The molecule has 0 saturated heterocycles. The van der Waals surface area contributed by atoms with Crippen LogP contribution in [0.2, 0.25) is 0 Å². The minimum atomic E-state index is 0.365. The molecular weight excluding hydrogens is 372 g/mol. The SMILES string of the molecule is C=CCON=C1CCN(C)c2ncc(-c3sc(-c4cccnc4)nc3C)nc21. The maximum absolute atomic E-state index is 5.31. The molecule has 8 heteroatoms. The summed E-state index contributed by atoms with van der Waals surface area (Å²) in [6.07, 6.45) is 7.79. The first kappa shape index (κ1) is 18.2. The molecule has 3 aromatic heterocycles. The van der Waals surface area contributed by atoms with Crippen LogP contribution >= 0.6 is 11.3 Å². The number of thiazole rings is 1. The van der Waals surface area contributed by atoms with Gasteiger partial charge in [0.25, 0.3) is 0 Å². The zero-order valence-corrected chi connectivity index (χ0v) is 16.6. The van der Waals surface area contributed by atoms with Crippen LogP contribution in [-0.4, -0.2) is 45.8 Å². The zero-order chi connectivity index (χ0) is 19.5. The second-order valence-electron chi connectivity index (χ2n) is 6.40. The van der Waals surface area contributed by atoms with Crippen molar-refractivity contribution in [1.29, 1.82) is 0 Å². The van der Waals surface area contributed by atoms with E-state index in [1.807, 2.05) is 32.3 Å². The van der Waals surface area contributed by atoms with Crippen LogP contribution < -0.4 is 4.90 Å². The summed E-state index contributed by atoms with van der Waals surface area (Å²) >= 11 is 1.59. The van der Waals surface area contributed by atoms with E-state index in [1.165, 1.54) is 0 Å². The molecule has 0 bridgehead atoms. The Morgan fingerprint density at radius 2 is 2.25 bits per heavy atom. The number of fused-ring (bicyclic) bond motifs is 1. The summed E-state index contributed by atoms with van der Waals surface area (Å²) in [6, 6.07) is 3.91. The Labute approximate surface area is 167 Å². The maximum Gasteiger partial charge on any atom is 0.156 e. The van der Waals surface area contributed by atoms with E-state index in [2.05, 4.69) is 26.6 Å². The molecule has 0 radical (unpaired) electrons. The lowest BCUT2D eigenvalue weighted by molar-refractivity contribution is 0.174. The lowest BCUT2D eigenvalue weighted by Gasteiger charge is -2.26. The third kappa shape index (κ3) is 3.50. The molecule has 1 aliphatic heterocycles. The normalized spacial score (nSPS) is 14.8. The monoisotopic (exact) mass is 392 g/mol. The van der Waals surface area contributed by atoms with E-state index in [0.717, 1.165) is 57.0 Å². The van der Waals surface area contributed by atoms with Gasteiger partial charge in [-0.2, -0.15) is 0 Å². The van der Waals surface area contributed by atoms with Crippen molar-refractivity contribution in [3.05, 3.63) is 54.8 Å². The molecular formula is C20H20N6OS. The topological polar surface area (TPSA) is 76.4 Å². The predicted molar refractivity (Wildman–Crippen MR) is 112 cm³/mol. The van der Waals surface area contributed by atoms with Gasteiger partial charge in [-0.25, -0.2) is 15.0 Å². The average molecular weight is 392 g/mol. The van der Waals surface area contributed by atoms with Crippen molar-refractivity contribution in [3.8, 4) is 21.1 Å². The van der Waals surface area contributed by atoms with Gasteiger partial charge in [-0.1, -0.05) is 17.8 Å². The predicted octanol–water partition coefficient (Wildman–Crippen LogP) is 3.72. The lowest BCUT2D eigenvalue weighted by atomic mass is 10.1. The highest BCUT2D eigenvalue weighted by atomic mass is 32.1. The minimum Gasteiger partial charge on any atom is -0.391 e. The molecule has 0 atom stereocenters. The Morgan fingerprint density at radius 3 is 3.04 bits per heavy atom. The van der Waals surface area contributed by atoms with E-state index in [1.54, 1.807) is 29.8 Å². The summed E-state index contributed by atoms with van der Waals surface area (Å²) < 4.78 is 0. The van der Waals surface area contributed by atoms with Crippen LogP contribution in [0.25, 0.3) is 21.1 Å². The molecule has 0 saturated carbocycles. The van der Waals surface area contributed by atoms with E-state index >= 15 is 0 Å². The van der Waals surface area contributed by atoms with Crippen LogP contribution in [0, 0.1) is 6.92 Å². The number of rotatable bonds is 5. The molecule has 0 fully saturated rings. The largest absolute Gasteiger partial charge is 0.391 e. The second-order valence-corrected chi connectivity index (χ2v) is 7.40. The smallest absolute Gasteiger partial charge is 0.156 e. The van der Waals surface area contributed by atoms with Gasteiger partial charge in [0.15, 0.2) is 5.82 Å². The zero-order valence-electron chi connectivity index (χ0n) is 15.8. The van der Waals surface area contributed by atoms with E-state index in [0.29, 0.717) is 6.61 Å². The average Bonchev–Trinajstić information content (AvgIpc) is 3.12. The van der Waals surface area contributed by atoms with E-state index in [4.69, 9.17) is 14.8 Å². The number of anilines is 1. The summed E-state index contributed by atoms with van der Waals surface area (Å²) in [5, 5.41) is 5.17. The van der Waals surface area contributed by atoms with Gasteiger partial charge < -0.3 is 9.74 Å². The van der Waals surface area contributed by atoms with E-state index in [9.17, 15) is 0 Å². The molecule has 1 aliphatic rings. The van der Waals surface area contributed by atoms with Crippen molar-refractivity contribution >= 4 is 22.9 Å². The van der Waals surface area contributed by atoms with Crippen LogP contribution in [0.5, 0.6) is 0 Å². The third-order valence-corrected chi connectivity index (χ3v) is 5.61. The van der Waals surface area contributed by atoms with Crippen molar-refractivity contribution in [3.63, 3.8) is 0 Å². The Balaban J connectivity index is 1.74. The molecule has 4 heterocycles. The highest BCUT2D eigenvalue weighted by molar-refractivity contribution is 7.18. The first-order valence-corrected chi connectivity index (χ1v) is 9.75. The molecule has 3 aromatic rings. The Hall–Kier alpha value is -3.13. The van der Waals surface area contributed by atoms with Crippen molar-refractivity contribution < 1.29 is 4.84 Å². The number of aryl methyl sites for hydroxylation is 1. The fourth-order valence-electron chi connectivity index (χ4n) is 2.97. The van der Waals surface area contributed by atoms with Gasteiger partial charge in [-0.15, -0.1) is 11.3 Å². The minimum absolute atomic E-state index is 0.365.